The molecule has 1 saturated heterocycles. The van der Waals surface area contributed by atoms with E-state index in [0.29, 0.717) is 16.5 Å². The van der Waals surface area contributed by atoms with Crippen LogP contribution in [0.5, 0.6) is 0 Å². The van der Waals surface area contributed by atoms with E-state index in [9.17, 15) is 0 Å². The zero-order chi connectivity index (χ0) is 13.2. The smallest absolute Gasteiger partial charge is 0.144 e. The van der Waals surface area contributed by atoms with Crippen LogP contribution in [0.3, 0.4) is 0 Å². The lowest BCUT2D eigenvalue weighted by atomic mass is 9.77. The first-order chi connectivity index (χ1) is 8.49. The van der Waals surface area contributed by atoms with E-state index < -0.39 is 0 Å². The molecule has 2 heterocycles. The Morgan fingerprint density at radius 2 is 2.39 bits per heavy atom. The van der Waals surface area contributed by atoms with Crippen molar-refractivity contribution < 1.29 is 0 Å². The van der Waals surface area contributed by atoms with Crippen LogP contribution in [0.2, 0.25) is 5.02 Å². The van der Waals surface area contributed by atoms with Gasteiger partial charge in [0.2, 0.25) is 0 Å². The molecular formula is C13H19BrClN3. The van der Waals surface area contributed by atoms with Crippen LogP contribution in [-0.2, 0) is 0 Å². The Balaban J connectivity index is 1.98. The van der Waals surface area contributed by atoms with Gasteiger partial charge in [-0.1, -0.05) is 25.4 Å². The maximum absolute atomic E-state index is 6.14. The number of hydrogen-bond acceptors (Lipinski definition) is 3. The van der Waals surface area contributed by atoms with Crippen LogP contribution in [0.15, 0.2) is 16.7 Å². The quantitative estimate of drug-likeness (QED) is 0.886. The third-order valence-electron chi connectivity index (χ3n) is 3.61. The molecule has 0 radical (unpaired) electrons. The minimum absolute atomic E-state index is 0.313. The maximum Gasteiger partial charge on any atom is 0.144 e. The number of piperidine rings is 1. The van der Waals surface area contributed by atoms with Gasteiger partial charge in [0.1, 0.15) is 5.82 Å². The Labute approximate surface area is 122 Å². The molecule has 0 aromatic carbocycles. The molecule has 1 fully saturated rings. The molecule has 1 atom stereocenters. The molecule has 1 aliphatic heterocycles. The zero-order valence-corrected chi connectivity index (χ0v) is 13.1. The van der Waals surface area contributed by atoms with Gasteiger partial charge in [-0.15, -0.1) is 0 Å². The minimum atomic E-state index is 0.313. The van der Waals surface area contributed by atoms with Gasteiger partial charge in [-0.25, -0.2) is 4.98 Å². The molecule has 1 aliphatic rings. The standard InChI is InChI=1S/C13H19BrClN3/c1-13(2)4-3-5-16-11(13)8-18-12-10(15)6-9(14)7-17-12/h6-7,11,16H,3-5,8H2,1-2H3,(H,17,18). The lowest BCUT2D eigenvalue weighted by molar-refractivity contribution is 0.188. The summed E-state index contributed by atoms with van der Waals surface area (Å²) in [6, 6.07) is 2.31. The Morgan fingerprint density at radius 1 is 1.61 bits per heavy atom. The molecule has 5 heteroatoms. The fraction of sp³-hybridized carbons (Fsp3) is 0.615. The van der Waals surface area contributed by atoms with E-state index in [-0.39, 0.29) is 0 Å². The number of rotatable bonds is 3. The second-order valence-corrected chi connectivity index (χ2v) is 6.79. The fourth-order valence-electron chi connectivity index (χ4n) is 2.36. The number of nitrogens with one attached hydrogen (secondary N) is 2. The summed E-state index contributed by atoms with van der Waals surface area (Å²) in [6.45, 7) is 6.56. The Morgan fingerprint density at radius 3 is 3.06 bits per heavy atom. The molecule has 2 N–H and O–H groups in total. The molecule has 18 heavy (non-hydrogen) atoms. The molecule has 0 aliphatic carbocycles. The van der Waals surface area contributed by atoms with Crippen LogP contribution in [-0.4, -0.2) is 24.1 Å². The molecule has 3 nitrogen and oxygen atoms in total. The van der Waals surface area contributed by atoms with Crippen molar-refractivity contribution in [2.24, 2.45) is 5.41 Å². The van der Waals surface area contributed by atoms with Crippen molar-refractivity contribution in [3.8, 4) is 0 Å². The average molecular weight is 333 g/mol. The molecule has 0 spiro atoms. The molecule has 0 saturated carbocycles. The highest BCUT2D eigenvalue weighted by atomic mass is 79.9. The summed E-state index contributed by atoms with van der Waals surface area (Å²) in [5.74, 6) is 0.753. The summed E-state index contributed by atoms with van der Waals surface area (Å²) < 4.78 is 0.897. The first-order valence-corrected chi connectivity index (χ1v) is 7.44. The molecule has 0 bridgehead atoms. The Kier molecular flexibility index (Phi) is 4.51. The van der Waals surface area contributed by atoms with Gasteiger partial charge in [0.25, 0.3) is 0 Å². The summed E-state index contributed by atoms with van der Waals surface area (Å²) >= 11 is 9.50. The highest BCUT2D eigenvalue weighted by Gasteiger charge is 2.31. The van der Waals surface area contributed by atoms with Crippen molar-refractivity contribution in [2.75, 3.05) is 18.4 Å². The van der Waals surface area contributed by atoms with Crippen LogP contribution >= 0.6 is 27.5 Å². The van der Waals surface area contributed by atoms with E-state index >= 15 is 0 Å². The van der Waals surface area contributed by atoms with Crippen LogP contribution in [0, 0.1) is 5.41 Å². The predicted octanol–water partition coefficient (Wildman–Crippen LogP) is 3.69. The number of nitrogens with zero attached hydrogens (tertiary/aromatic N) is 1. The van der Waals surface area contributed by atoms with Crippen molar-refractivity contribution in [3.63, 3.8) is 0 Å². The topological polar surface area (TPSA) is 37.0 Å². The van der Waals surface area contributed by atoms with Crippen molar-refractivity contribution in [1.29, 1.82) is 0 Å². The van der Waals surface area contributed by atoms with Crippen molar-refractivity contribution >= 4 is 33.3 Å². The largest absolute Gasteiger partial charge is 0.367 e. The normalized spacial score (nSPS) is 22.8. The number of pyridine rings is 1. The molecule has 100 valence electrons. The van der Waals surface area contributed by atoms with Gasteiger partial charge in [0, 0.05) is 23.3 Å². The van der Waals surface area contributed by atoms with Crippen LogP contribution in [0.4, 0.5) is 5.82 Å². The van der Waals surface area contributed by atoms with Gasteiger partial charge in [-0.3, -0.25) is 0 Å². The van der Waals surface area contributed by atoms with Crippen LogP contribution in [0.1, 0.15) is 26.7 Å². The summed E-state index contributed by atoms with van der Waals surface area (Å²) in [5, 5.41) is 7.56. The number of anilines is 1. The summed E-state index contributed by atoms with van der Waals surface area (Å²) in [4.78, 5) is 4.29. The molecular weight excluding hydrogens is 314 g/mol. The van der Waals surface area contributed by atoms with E-state index in [1.54, 1.807) is 6.20 Å². The van der Waals surface area contributed by atoms with Gasteiger partial charge in [-0.05, 0) is 46.8 Å². The van der Waals surface area contributed by atoms with E-state index in [1.165, 1.54) is 12.8 Å². The molecule has 1 aromatic rings. The number of halogens is 2. The predicted molar refractivity (Wildman–Crippen MR) is 80.2 cm³/mol. The van der Waals surface area contributed by atoms with E-state index in [0.717, 1.165) is 23.4 Å². The minimum Gasteiger partial charge on any atom is -0.367 e. The highest BCUT2D eigenvalue weighted by Crippen LogP contribution is 2.30. The number of aromatic nitrogens is 1. The lowest BCUT2D eigenvalue weighted by Gasteiger charge is -2.39. The van der Waals surface area contributed by atoms with E-state index in [2.05, 4.69) is 45.4 Å². The third-order valence-corrected chi connectivity index (χ3v) is 4.34. The van der Waals surface area contributed by atoms with Gasteiger partial charge in [-0.2, -0.15) is 0 Å². The second kappa shape index (κ2) is 5.76. The van der Waals surface area contributed by atoms with Crippen molar-refractivity contribution in [1.82, 2.24) is 10.3 Å². The molecule has 1 unspecified atom stereocenters. The molecule has 0 amide bonds. The molecule has 1 aromatic heterocycles. The zero-order valence-electron chi connectivity index (χ0n) is 10.8. The fourth-order valence-corrected chi connectivity index (χ4v) is 3.06. The molecule has 2 rings (SSSR count). The summed E-state index contributed by atoms with van der Waals surface area (Å²) in [6.07, 6.45) is 4.27. The highest BCUT2D eigenvalue weighted by molar-refractivity contribution is 9.10. The average Bonchev–Trinajstić information content (AvgIpc) is 2.29. The van der Waals surface area contributed by atoms with Crippen LogP contribution in [0.25, 0.3) is 0 Å². The number of hydrogen-bond donors (Lipinski definition) is 2. The SMILES string of the molecule is CC1(C)CCCNC1CNc1ncc(Br)cc1Cl. The third kappa shape index (κ3) is 3.37. The maximum atomic E-state index is 6.14. The van der Waals surface area contributed by atoms with Gasteiger partial charge < -0.3 is 10.6 Å². The van der Waals surface area contributed by atoms with Gasteiger partial charge >= 0.3 is 0 Å². The van der Waals surface area contributed by atoms with Crippen molar-refractivity contribution in [2.45, 2.75) is 32.7 Å². The van der Waals surface area contributed by atoms with Crippen molar-refractivity contribution in [3.05, 3.63) is 21.8 Å². The first kappa shape index (κ1) is 14.1. The van der Waals surface area contributed by atoms with E-state index in [4.69, 9.17) is 11.6 Å². The van der Waals surface area contributed by atoms with Gasteiger partial charge in [0.05, 0.1) is 5.02 Å². The monoisotopic (exact) mass is 331 g/mol. The summed E-state index contributed by atoms with van der Waals surface area (Å²) in [7, 11) is 0. The van der Waals surface area contributed by atoms with Crippen LogP contribution < -0.4 is 10.6 Å². The summed E-state index contributed by atoms with van der Waals surface area (Å²) in [5.41, 5.74) is 0.313. The Hall–Kier alpha value is -0.320. The van der Waals surface area contributed by atoms with Gasteiger partial charge in [0.15, 0.2) is 0 Å². The van der Waals surface area contributed by atoms with E-state index in [1.807, 2.05) is 6.07 Å². The Bertz CT molecular complexity index is 423. The lowest BCUT2D eigenvalue weighted by Crippen LogP contribution is -2.50. The second-order valence-electron chi connectivity index (χ2n) is 5.46. The first-order valence-electron chi connectivity index (χ1n) is 6.27.